The molecule has 2 heterocycles. The van der Waals surface area contributed by atoms with Gasteiger partial charge in [-0.1, -0.05) is 0 Å². The third-order valence-electron chi connectivity index (χ3n) is 3.31. The monoisotopic (exact) mass is 357 g/mol. The van der Waals surface area contributed by atoms with Gasteiger partial charge in [0.15, 0.2) is 0 Å². The van der Waals surface area contributed by atoms with Crippen molar-refractivity contribution in [1.82, 2.24) is 9.55 Å². The van der Waals surface area contributed by atoms with E-state index in [0.29, 0.717) is 19.4 Å². The van der Waals surface area contributed by atoms with Gasteiger partial charge < -0.3 is 9.12 Å². The number of imidazole rings is 1. The number of aryl methyl sites for hydroxylation is 2. The number of thiazole rings is 1. The van der Waals surface area contributed by atoms with Crippen molar-refractivity contribution in [2.24, 2.45) is 17.3 Å². The molecule has 0 saturated carbocycles. The highest BCUT2D eigenvalue weighted by Crippen LogP contribution is 1.97. The molecule has 1 N–H and O–H groups in total. The summed E-state index contributed by atoms with van der Waals surface area (Å²) >= 11 is 1.52. The molecule has 2 aromatic heterocycles. The van der Waals surface area contributed by atoms with Crippen molar-refractivity contribution in [2.45, 2.75) is 26.3 Å². The van der Waals surface area contributed by atoms with Gasteiger partial charge in [0.1, 0.15) is 18.6 Å². The maximum absolute atomic E-state index is 10.6. The Balaban J connectivity index is 1.97. The Morgan fingerprint density at radius 3 is 2.91 bits per heavy atom. The maximum Gasteiger partial charge on any atom is 0.299 e. The van der Waals surface area contributed by atoms with Crippen LogP contribution in [0.1, 0.15) is 24.4 Å². The number of aromatic amines is 1. The summed E-state index contributed by atoms with van der Waals surface area (Å²) in [5.41, 5.74) is 1.12. The first-order valence-electron chi connectivity index (χ1n) is 7.05. The zero-order chi connectivity index (χ0) is 16.9. The fraction of sp³-hybridized carbons (Fsp3) is 0.462. The lowest BCUT2D eigenvalue weighted by Gasteiger charge is -2.05. The van der Waals surface area contributed by atoms with E-state index in [9.17, 15) is 13.0 Å². The van der Waals surface area contributed by atoms with Crippen molar-refractivity contribution < 1.29 is 17.5 Å². The molecule has 0 aliphatic rings. The number of rotatable bonds is 7. The van der Waals surface area contributed by atoms with E-state index in [0.717, 1.165) is 16.3 Å². The summed E-state index contributed by atoms with van der Waals surface area (Å²) in [5.74, 6) is 0.431. The minimum absolute atomic E-state index is 0.328. The average Bonchev–Trinajstić information content (AvgIpc) is 3.04. The number of aromatic nitrogens is 3. The van der Waals surface area contributed by atoms with Crippen LogP contribution in [-0.4, -0.2) is 34.5 Å². The number of H-pyrrole nitrogens is 1. The second-order valence-electron chi connectivity index (χ2n) is 5.07. The normalized spacial score (nSPS) is 13.3. The molecule has 0 bridgehead atoms. The van der Waals surface area contributed by atoms with E-state index in [2.05, 4.69) is 15.2 Å². The Kier molecular flexibility index (Phi) is 5.85. The van der Waals surface area contributed by atoms with Gasteiger partial charge in [-0.15, -0.1) is 21.5 Å². The highest BCUT2D eigenvalue weighted by molar-refractivity contribution is 7.85. The quantitative estimate of drug-likeness (QED) is 0.253. The fourth-order valence-electron chi connectivity index (χ4n) is 1.91. The molecule has 2 aromatic rings. The highest BCUT2D eigenvalue weighted by atomic mass is 32.2. The Hall–Kier alpha value is -1.78. The molecular weight excluding hydrogens is 338 g/mol. The molecule has 8 nitrogen and oxygen atoms in total. The van der Waals surface area contributed by atoms with Crippen LogP contribution in [0.15, 0.2) is 28.0 Å². The van der Waals surface area contributed by atoms with Crippen LogP contribution in [0.2, 0.25) is 0 Å². The molecule has 0 atom stereocenters. The lowest BCUT2D eigenvalue weighted by molar-refractivity contribution is -0.696. The molecule has 0 fully saturated rings. The van der Waals surface area contributed by atoms with Gasteiger partial charge in [-0.25, -0.2) is 18.0 Å². The molecule has 0 aliphatic heterocycles. The summed E-state index contributed by atoms with van der Waals surface area (Å²) in [4.78, 5) is 3.84. The van der Waals surface area contributed by atoms with Gasteiger partial charge >= 0.3 is 0 Å². The molecule has 2 rings (SSSR count). The minimum atomic E-state index is -4.13. The molecule has 0 saturated heterocycles. The smallest absolute Gasteiger partial charge is 0.299 e. The predicted molar refractivity (Wildman–Crippen MR) is 86.0 cm³/mol. The lowest BCUT2D eigenvalue weighted by atomic mass is 10.3. The van der Waals surface area contributed by atoms with Crippen molar-refractivity contribution in [1.29, 1.82) is 0 Å². The summed E-state index contributed by atoms with van der Waals surface area (Å²) in [6.45, 7) is 2.60. The van der Waals surface area contributed by atoms with Gasteiger partial charge in [0.25, 0.3) is 5.82 Å². The van der Waals surface area contributed by atoms with Crippen LogP contribution in [0, 0.1) is 6.92 Å². The maximum atomic E-state index is 10.6. The zero-order valence-electron chi connectivity index (χ0n) is 13.0. The standard InChI is InChI=1S/C13H19N5O3S2/c1-11-10-22-13(17(11)2)16-15-9-12-14-5-7-18(12)6-3-4-8-23(19,20)21/h5,7,9-10H,3-4,6,8H2,1-2H3,(H,19,20,21)/b15-9+,16-13-. The van der Waals surface area contributed by atoms with Gasteiger partial charge in [0, 0.05) is 23.9 Å². The van der Waals surface area contributed by atoms with Gasteiger partial charge in [-0.05, 0) is 19.8 Å². The summed E-state index contributed by atoms with van der Waals surface area (Å²) in [6.07, 6.45) is 6.15. The first kappa shape index (κ1) is 17.6. The van der Waals surface area contributed by atoms with Crippen LogP contribution in [0.25, 0.3) is 0 Å². The Bertz CT molecular complexity index is 845. The van der Waals surface area contributed by atoms with Gasteiger partial charge in [-0.3, -0.25) is 0 Å². The zero-order valence-corrected chi connectivity index (χ0v) is 14.6. The molecule has 23 heavy (non-hydrogen) atoms. The van der Waals surface area contributed by atoms with Gasteiger partial charge in [0.05, 0.1) is 16.7 Å². The number of hydrogen-bond donors (Lipinski definition) is 1. The molecule has 0 unspecified atom stereocenters. The minimum Gasteiger partial charge on any atom is -0.748 e. The Morgan fingerprint density at radius 1 is 1.48 bits per heavy atom. The van der Waals surface area contributed by atoms with Crippen molar-refractivity contribution >= 4 is 27.7 Å². The summed E-state index contributed by atoms with van der Waals surface area (Å²) < 4.78 is 35.5. The summed E-state index contributed by atoms with van der Waals surface area (Å²) in [5, 5.41) is 10.3. The van der Waals surface area contributed by atoms with E-state index in [1.165, 1.54) is 11.3 Å². The van der Waals surface area contributed by atoms with Gasteiger partial charge in [-0.2, -0.15) is 0 Å². The molecule has 0 amide bonds. The molecule has 0 spiro atoms. The van der Waals surface area contributed by atoms with Crippen LogP contribution >= 0.6 is 11.3 Å². The summed E-state index contributed by atoms with van der Waals surface area (Å²) in [7, 11) is -2.20. The predicted octanol–water partition coefficient (Wildman–Crippen LogP) is 0.271. The van der Waals surface area contributed by atoms with E-state index in [4.69, 9.17) is 0 Å². The van der Waals surface area contributed by atoms with E-state index < -0.39 is 10.1 Å². The molecule has 0 radical (unpaired) electrons. The van der Waals surface area contributed by atoms with Crippen LogP contribution in [0.5, 0.6) is 0 Å². The van der Waals surface area contributed by atoms with Crippen molar-refractivity contribution in [2.75, 3.05) is 5.75 Å². The lowest BCUT2D eigenvalue weighted by Crippen LogP contribution is -2.36. The topological polar surface area (TPSA) is 107 Å². The van der Waals surface area contributed by atoms with Crippen LogP contribution in [0.4, 0.5) is 0 Å². The SMILES string of the molecule is Cc1cs/c(=N\N=C\c2[nH]cc[n+]2CCCCS(=O)(=O)[O-])n1C. The largest absolute Gasteiger partial charge is 0.748 e. The third kappa shape index (κ3) is 5.41. The highest BCUT2D eigenvalue weighted by Gasteiger charge is 2.07. The first-order chi connectivity index (χ1) is 10.9. The van der Waals surface area contributed by atoms with E-state index in [1.807, 2.05) is 34.7 Å². The number of unbranched alkanes of at least 4 members (excludes halogenated alkanes) is 1. The van der Waals surface area contributed by atoms with E-state index in [-0.39, 0.29) is 5.75 Å². The second-order valence-corrected chi connectivity index (χ2v) is 7.43. The van der Waals surface area contributed by atoms with Gasteiger partial charge in [0.2, 0.25) is 4.80 Å². The molecule has 126 valence electrons. The van der Waals surface area contributed by atoms with Crippen molar-refractivity contribution in [3.05, 3.63) is 34.1 Å². The Labute approximate surface area is 138 Å². The number of nitrogens with one attached hydrogen (secondary N) is 1. The third-order valence-corrected chi connectivity index (χ3v) is 5.13. The average molecular weight is 357 g/mol. The molecule has 10 heteroatoms. The second kappa shape index (κ2) is 7.66. The van der Waals surface area contributed by atoms with E-state index >= 15 is 0 Å². The first-order valence-corrected chi connectivity index (χ1v) is 9.51. The van der Waals surface area contributed by atoms with Crippen molar-refractivity contribution in [3.63, 3.8) is 0 Å². The number of hydrogen-bond acceptors (Lipinski definition) is 6. The molecule has 0 aromatic carbocycles. The molecule has 0 aliphatic carbocycles. The van der Waals surface area contributed by atoms with Crippen LogP contribution in [0.3, 0.4) is 0 Å². The Morgan fingerprint density at radius 2 is 2.26 bits per heavy atom. The van der Waals surface area contributed by atoms with Crippen LogP contribution in [-0.2, 0) is 23.7 Å². The van der Waals surface area contributed by atoms with Crippen LogP contribution < -0.4 is 9.37 Å². The van der Waals surface area contributed by atoms with E-state index in [1.54, 1.807) is 12.4 Å². The van der Waals surface area contributed by atoms with Crippen molar-refractivity contribution in [3.8, 4) is 0 Å². The number of nitrogens with zero attached hydrogens (tertiary/aromatic N) is 4. The fourth-order valence-corrected chi connectivity index (χ4v) is 3.30. The summed E-state index contributed by atoms with van der Waals surface area (Å²) in [6, 6.07) is 0. The molecular formula is C13H19N5O3S2.